The first-order chi connectivity index (χ1) is 12.5. The van der Waals surface area contributed by atoms with Crippen molar-refractivity contribution in [1.29, 1.82) is 0 Å². The number of nitrogens with zero attached hydrogens (tertiary/aromatic N) is 1. The molecule has 1 aromatic carbocycles. The fourth-order valence-corrected chi connectivity index (χ4v) is 3.29. The molecule has 1 aliphatic rings. The molecule has 1 N–H and O–H groups in total. The predicted molar refractivity (Wildman–Crippen MR) is 96.8 cm³/mol. The van der Waals surface area contributed by atoms with Gasteiger partial charge in [0.25, 0.3) is 0 Å². The van der Waals surface area contributed by atoms with E-state index in [0.717, 1.165) is 11.0 Å². The van der Waals surface area contributed by atoms with Gasteiger partial charge in [-0.3, -0.25) is 0 Å². The molecule has 7 nitrogen and oxygen atoms in total. The molecule has 8 heteroatoms. The van der Waals surface area contributed by atoms with Gasteiger partial charge in [-0.1, -0.05) is 0 Å². The molecule has 2 rings (SSSR count). The fourth-order valence-electron chi connectivity index (χ4n) is 3.29. The summed E-state index contributed by atoms with van der Waals surface area (Å²) in [6, 6.07) is 2.63. The lowest BCUT2D eigenvalue weighted by Gasteiger charge is -2.40. The highest BCUT2D eigenvalue weighted by Crippen LogP contribution is 2.37. The monoisotopic (exact) mass is 496 g/mol. The van der Waals surface area contributed by atoms with Crippen LogP contribution in [0.3, 0.4) is 0 Å². The van der Waals surface area contributed by atoms with E-state index in [1.165, 1.54) is 72.4 Å². The first-order valence-corrected chi connectivity index (χ1v) is 8.94. The van der Waals surface area contributed by atoms with Crippen LogP contribution in [-0.4, -0.2) is 69.7 Å². The Balaban J connectivity index is 0.000000504. The first-order valence-electron chi connectivity index (χ1n) is 8.94. The number of carboxylic acid groups (broad SMARTS) is 1. The molecule has 156 valence electrons. The van der Waals surface area contributed by atoms with Crippen LogP contribution in [0.2, 0.25) is 0 Å². The number of aromatic carboxylic acids is 1. The van der Waals surface area contributed by atoms with E-state index in [0.29, 0.717) is 12.4 Å². The summed E-state index contributed by atoms with van der Waals surface area (Å²) in [6.45, 7) is 7.33. The summed E-state index contributed by atoms with van der Waals surface area (Å²) in [5.74, 6) is -0.369. The Morgan fingerprint density at radius 3 is 1.93 bits per heavy atom. The van der Waals surface area contributed by atoms with Crippen molar-refractivity contribution in [2.45, 2.75) is 26.2 Å². The van der Waals surface area contributed by atoms with E-state index >= 15 is 0 Å². The summed E-state index contributed by atoms with van der Waals surface area (Å²) in [5.41, 5.74) is -0.0236. The van der Waals surface area contributed by atoms with Crippen LogP contribution in [0, 0.1) is 0 Å². The van der Waals surface area contributed by atoms with Crippen LogP contribution in [0.25, 0.3) is 0 Å². The minimum absolute atomic E-state index is 0. The van der Waals surface area contributed by atoms with Gasteiger partial charge in [0.15, 0.2) is 11.5 Å². The smallest absolute Gasteiger partial charge is 0.203 e. The van der Waals surface area contributed by atoms with Crippen LogP contribution in [0.4, 0.5) is 0 Å². The van der Waals surface area contributed by atoms with Crippen molar-refractivity contribution in [3.63, 3.8) is 0 Å². The lowest BCUT2D eigenvalue weighted by molar-refractivity contribution is -0.931. The van der Waals surface area contributed by atoms with Crippen LogP contribution >= 0.6 is 0 Å². The number of likely N-dealkylation sites (tertiary alicyclic amines) is 1. The molecule has 0 radical (unpaired) electrons. The average molecular weight is 496 g/mol. The zero-order valence-electron chi connectivity index (χ0n) is 16.6. The number of rotatable bonds is 7. The van der Waals surface area contributed by atoms with E-state index in [-0.39, 0.29) is 41.0 Å². The molecular weight excluding hydrogens is 465 g/mol. The van der Waals surface area contributed by atoms with Gasteiger partial charge in [0.05, 0.1) is 53.5 Å². The average Bonchev–Trinajstić information content (AvgIpc) is 2.68. The largest absolute Gasteiger partial charge is 1.00 e. The Hall–Kier alpha value is -1.26. The van der Waals surface area contributed by atoms with Crippen molar-refractivity contribution in [3.05, 3.63) is 17.7 Å². The summed E-state index contributed by atoms with van der Waals surface area (Å²) in [7, 11) is 4.27. The summed E-state index contributed by atoms with van der Waals surface area (Å²) < 4.78 is 16.1. The number of carboxylic acids is 1. The number of likely N-dealkylation sites (N-methyl/N-ethyl adjacent to an activating group) is 1. The molecule has 1 aromatic rings. The van der Waals surface area contributed by atoms with Gasteiger partial charge in [0.1, 0.15) is 6.54 Å². The second-order valence-corrected chi connectivity index (χ2v) is 6.31. The van der Waals surface area contributed by atoms with Crippen LogP contribution in [0.5, 0.6) is 17.2 Å². The van der Waals surface area contributed by atoms with Gasteiger partial charge in [-0.25, -0.2) is 0 Å². The maximum absolute atomic E-state index is 10.7. The number of piperidine rings is 1. The van der Waals surface area contributed by atoms with Crippen LogP contribution in [-0.2, 0) is 0 Å². The highest BCUT2D eigenvalue weighted by Gasteiger charge is 2.26. The van der Waals surface area contributed by atoms with E-state index in [2.05, 4.69) is 6.92 Å². The SMILES string of the molecule is CC[N+]1(CCO)CCCCC1.COc1cc(C(=O)[O-])cc(OC)c1OC.[I-]. The molecule has 0 aromatic heterocycles. The summed E-state index contributed by atoms with van der Waals surface area (Å²) in [6.07, 6.45) is 4.10. The zero-order chi connectivity index (χ0) is 19.6. The Bertz CT molecular complexity index is 545. The van der Waals surface area contributed by atoms with Crippen molar-refractivity contribution in [1.82, 2.24) is 0 Å². The fraction of sp³-hybridized carbons (Fsp3) is 0.632. The number of aliphatic hydroxyl groups excluding tert-OH is 1. The Kier molecular flexibility index (Phi) is 12.4. The quantitative estimate of drug-likeness (QED) is 0.350. The van der Waals surface area contributed by atoms with Crippen LogP contribution in [0.15, 0.2) is 12.1 Å². The molecule has 0 amide bonds. The van der Waals surface area contributed by atoms with Gasteiger partial charge in [-0.05, 0) is 38.3 Å². The predicted octanol–water partition coefficient (Wildman–Crippen LogP) is -1.92. The number of hydrogen-bond donors (Lipinski definition) is 1. The number of carbonyl (C=O) groups is 1. The minimum Gasteiger partial charge on any atom is -1.00 e. The summed E-state index contributed by atoms with van der Waals surface area (Å²) >= 11 is 0. The van der Waals surface area contributed by atoms with Gasteiger partial charge in [-0.2, -0.15) is 0 Å². The van der Waals surface area contributed by atoms with Crippen LogP contribution < -0.4 is 43.3 Å². The molecule has 0 aliphatic carbocycles. The molecule has 0 spiro atoms. The van der Waals surface area contributed by atoms with Crippen molar-refractivity contribution in [3.8, 4) is 17.2 Å². The van der Waals surface area contributed by atoms with Crippen molar-refractivity contribution in [2.24, 2.45) is 0 Å². The maximum atomic E-state index is 10.7. The van der Waals surface area contributed by atoms with Gasteiger partial charge >= 0.3 is 0 Å². The van der Waals surface area contributed by atoms with Crippen molar-refractivity contribution >= 4 is 5.97 Å². The third-order valence-electron chi connectivity index (χ3n) is 4.91. The molecule has 1 fully saturated rings. The first kappa shape index (κ1) is 25.7. The molecule has 1 heterocycles. The summed E-state index contributed by atoms with van der Waals surface area (Å²) in [4.78, 5) is 10.7. The Morgan fingerprint density at radius 1 is 1.07 bits per heavy atom. The second-order valence-electron chi connectivity index (χ2n) is 6.31. The zero-order valence-corrected chi connectivity index (χ0v) is 18.8. The number of ether oxygens (including phenoxy) is 3. The molecule has 1 aliphatic heterocycles. The summed E-state index contributed by atoms with van der Waals surface area (Å²) in [5, 5.41) is 19.6. The van der Waals surface area contributed by atoms with E-state index in [1.54, 1.807) is 0 Å². The second kappa shape index (κ2) is 13.0. The normalized spacial score (nSPS) is 14.9. The topological polar surface area (TPSA) is 88.1 Å². The maximum Gasteiger partial charge on any atom is 0.203 e. The van der Waals surface area contributed by atoms with E-state index in [4.69, 9.17) is 19.3 Å². The Morgan fingerprint density at radius 2 is 1.59 bits per heavy atom. The molecule has 0 atom stereocenters. The number of methoxy groups -OCH3 is 3. The number of hydrogen-bond acceptors (Lipinski definition) is 6. The lowest BCUT2D eigenvalue weighted by Crippen LogP contribution is -3.00. The van der Waals surface area contributed by atoms with Crippen molar-refractivity contribution < 1.29 is 57.7 Å². The van der Waals surface area contributed by atoms with E-state index < -0.39 is 5.97 Å². The van der Waals surface area contributed by atoms with Gasteiger partial charge in [0.2, 0.25) is 5.75 Å². The Labute approximate surface area is 178 Å². The number of halogens is 1. The van der Waals surface area contributed by atoms with Gasteiger partial charge in [-0.15, -0.1) is 0 Å². The molecule has 1 saturated heterocycles. The molecule has 0 unspecified atom stereocenters. The van der Waals surface area contributed by atoms with Crippen LogP contribution in [0.1, 0.15) is 36.5 Å². The third kappa shape index (κ3) is 7.34. The standard InChI is InChI=1S/C10H12O5.C9H20NO.HI/c1-13-7-4-6(10(11)12)5-8(14-2)9(7)15-3;1-2-10(8-9-11)6-4-3-5-7-10;/h4-5H,1-3H3,(H,11,12);11H,2-9H2,1H3;1H/q;+1;/p-2. The molecule has 0 saturated carbocycles. The van der Waals surface area contributed by atoms with E-state index in [1.807, 2.05) is 0 Å². The molecule has 27 heavy (non-hydrogen) atoms. The molecular formula is C19H31INO6-. The number of carbonyl (C=O) groups excluding carboxylic acids is 1. The number of aliphatic hydroxyl groups is 1. The van der Waals surface area contributed by atoms with Gasteiger partial charge in [0, 0.05) is 5.56 Å². The lowest BCUT2D eigenvalue weighted by atomic mass is 10.1. The third-order valence-corrected chi connectivity index (χ3v) is 4.91. The number of benzene rings is 1. The highest BCUT2D eigenvalue weighted by atomic mass is 127. The van der Waals surface area contributed by atoms with Crippen molar-refractivity contribution in [2.75, 3.05) is 54.1 Å². The number of quaternary nitrogens is 1. The van der Waals surface area contributed by atoms with E-state index in [9.17, 15) is 9.90 Å². The molecule has 0 bridgehead atoms. The van der Waals surface area contributed by atoms with Gasteiger partial charge < -0.3 is 57.7 Å². The highest BCUT2D eigenvalue weighted by molar-refractivity contribution is 5.87. The minimum atomic E-state index is -1.30.